The van der Waals surface area contributed by atoms with Crippen molar-refractivity contribution in [1.29, 1.82) is 0 Å². The van der Waals surface area contributed by atoms with Crippen LogP contribution in [0.4, 0.5) is 4.79 Å². The summed E-state index contributed by atoms with van der Waals surface area (Å²) < 4.78 is 9.80. The van der Waals surface area contributed by atoms with Crippen LogP contribution in [0.5, 0.6) is 0 Å². The molecule has 0 radical (unpaired) electrons. The topological polar surface area (TPSA) is 64.6 Å². The van der Waals surface area contributed by atoms with Crippen molar-refractivity contribution in [3.05, 3.63) is 0 Å². The minimum absolute atomic E-state index is 0.118. The fraction of sp³-hybridized carbons (Fsp3) is 0.714. The molecule has 0 aromatic carbocycles. The average molecular weight is 269 g/mol. The zero-order chi connectivity index (χ0) is 14.7. The molecule has 5 heteroatoms. The monoisotopic (exact) mass is 269 g/mol. The Balaban J connectivity index is 4.32. The lowest BCUT2D eigenvalue weighted by molar-refractivity contribution is -0.147. The van der Waals surface area contributed by atoms with E-state index in [0.29, 0.717) is 13.0 Å². The highest BCUT2D eigenvalue weighted by atomic mass is 16.6. The van der Waals surface area contributed by atoms with Crippen molar-refractivity contribution >= 4 is 12.1 Å². The predicted molar refractivity (Wildman–Crippen MR) is 72.4 cm³/mol. The fourth-order valence-electron chi connectivity index (χ4n) is 1.30. The molecule has 108 valence electrons. The molecule has 0 spiro atoms. The van der Waals surface area contributed by atoms with Crippen LogP contribution in [0.3, 0.4) is 0 Å². The van der Waals surface area contributed by atoms with Gasteiger partial charge >= 0.3 is 12.1 Å². The minimum Gasteiger partial charge on any atom is -0.464 e. The molecule has 5 nitrogen and oxygen atoms in total. The maximum absolute atomic E-state index is 11.8. The number of carbonyl (C=O) groups excluding carboxylic acids is 2. The number of alkyl carbamates (subject to hydrolysis) is 1. The van der Waals surface area contributed by atoms with Crippen LogP contribution in [0.15, 0.2) is 0 Å². The summed E-state index contributed by atoms with van der Waals surface area (Å²) in [4.78, 5) is 23.2. The average Bonchev–Trinajstić information content (AvgIpc) is 2.38. The molecule has 19 heavy (non-hydrogen) atoms. The molecule has 0 aliphatic heterocycles. The number of carbonyl (C=O) groups is 2. The number of hydrogen-bond acceptors (Lipinski definition) is 4. The van der Waals surface area contributed by atoms with Crippen molar-refractivity contribution < 1.29 is 19.1 Å². The molecule has 1 atom stereocenters. The van der Waals surface area contributed by atoms with Crippen LogP contribution in [0, 0.1) is 18.3 Å². The van der Waals surface area contributed by atoms with Crippen molar-refractivity contribution in [2.24, 2.45) is 5.92 Å². The van der Waals surface area contributed by atoms with Gasteiger partial charge in [0.15, 0.2) is 6.61 Å². The van der Waals surface area contributed by atoms with Gasteiger partial charge < -0.3 is 14.8 Å². The summed E-state index contributed by atoms with van der Waals surface area (Å²) in [5.41, 5.74) is 0. The van der Waals surface area contributed by atoms with Crippen molar-refractivity contribution in [2.45, 2.75) is 46.1 Å². The van der Waals surface area contributed by atoms with Gasteiger partial charge in [-0.05, 0) is 12.3 Å². The number of hydrogen-bond donors (Lipinski definition) is 1. The number of terminal acetylenes is 1. The molecule has 0 saturated carbocycles. The highest BCUT2D eigenvalue weighted by molar-refractivity contribution is 5.81. The zero-order valence-electron chi connectivity index (χ0n) is 11.9. The second-order valence-corrected chi connectivity index (χ2v) is 4.64. The van der Waals surface area contributed by atoms with Crippen molar-refractivity contribution in [3.63, 3.8) is 0 Å². The SMILES string of the molecule is C#CCOC(=O)NC(CCCC)C(=O)OCC(C)C. The van der Waals surface area contributed by atoms with E-state index in [1.165, 1.54) is 0 Å². The van der Waals surface area contributed by atoms with Gasteiger partial charge in [0.2, 0.25) is 0 Å². The molecular weight excluding hydrogens is 246 g/mol. The van der Waals surface area contributed by atoms with E-state index in [-0.39, 0.29) is 12.5 Å². The summed E-state index contributed by atoms with van der Waals surface area (Å²) in [5, 5.41) is 2.48. The first kappa shape index (κ1) is 17.3. The molecule has 0 fully saturated rings. The van der Waals surface area contributed by atoms with Crippen molar-refractivity contribution in [2.75, 3.05) is 13.2 Å². The number of rotatable bonds is 8. The second-order valence-electron chi connectivity index (χ2n) is 4.64. The largest absolute Gasteiger partial charge is 0.464 e. The van der Waals surface area contributed by atoms with Crippen LogP contribution in [0.25, 0.3) is 0 Å². The van der Waals surface area contributed by atoms with Gasteiger partial charge in [-0.15, -0.1) is 6.42 Å². The van der Waals surface area contributed by atoms with E-state index >= 15 is 0 Å². The van der Waals surface area contributed by atoms with Gasteiger partial charge in [0.05, 0.1) is 6.61 Å². The first-order chi connectivity index (χ1) is 9.01. The maximum Gasteiger partial charge on any atom is 0.408 e. The zero-order valence-corrected chi connectivity index (χ0v) is 11.9. The molecule has 0 aromatic rings. The molecule has 0 bridgehead atoms. The van der Waals surface area contributed by atoms with E-state index in [4.69, 9.17) is 11.2 Å². The van der Waals surface area contributed by atoms with Gasteiger partial charge in [0.1, 0.15) is 6.04 Å². The lowest BCUT2D eigenvalue weighted by Gasteiger charge is -2.17. The highest BCUT2D eigenvalue weighted by Crippen LogP contribution is 2.05. The van der Waals surface area contributed by atoms with Crippen LogP contribution in [0.2, 0.25) is 0 Å². The van der Waals surface area contributed by atoms with Gasteiger partial charge in [-0.25, -0.2) is 9.59 Å². The number of unbranched alkanes of at least 4 members (excludes halogenated alkanes) is 1. The van der Waals surface area contributed by atoms with Crippen LogP contribution < -0.4 is 5.32 Å². The van der Waals surface area contributed by atoms with Crippen LogP contribution in [0.1, 0.15) is 40.0 Å². The first-order valence-electron chi connectivity index (χ1n) is 6.54. The number of esters is 1. The Labute approximate surface area is 115 Å². The van der Waals surface area contributed by atoms with E-state index < -0.39 is 18.1 Å². The number of nitrogens with one attached hydrogen (secondary N) is 1. The molecule has 0 saturated heterocycles. The Morgan fingerprint density at radius 3 is 2.53 bits per heavy atom. The Morgan fingerprint density at radius 2 is 2.00 bits per heavy atom. The van der Waals surface area contributed by atoms with E-state index in [1.807, 2.05) is 20.8 Å². The third-order valence-electron chi connectivity index (χ3n) is 2.27. The lowest BCUT2D eigenvalue weighted by Crippen LogP contribution is -2.42. The van der Waals surface area contributed by atoms with Gasteiger partial charge in [-0.2, -0.15) is 0 Å². The number of ether oxygens (including phenoxy) is 2. The van der Waals surface area contributed by atoms with Crippen molar-refractivity contribution in [1.82, 2.24) is 5.32 Å². The van der Waals surface area contributed by atoms with Crippen molar-refractivity contribution in [3.8, 4) is 12.3 Å². The van der Waals surface area contributed by atoms with E-state index in [1.54, 1.807) is 0 Å². The molecule has 0 rings (SSSR count). The van der Waals surface area contributed by atoms with Crippen LogP contribution in [-0.4, -0.2) is 31.3 Å². The second kappa shape index (κ2) is 10.2. The molecule has 1 unspecified atom stereocenters. The lowest BCUT2D eigenvalue weighted by atomic mass is 10.1. The Hall–Kier alpha value is -1.70. The standard InChI is InChI=1S/C14H23NO4/c1-5-7-8-12(13(16)19-10-11(3)4)15-14(17)18-9-6-2/h2,11-12H,5,7-10H2,1,3-4H3,(H,15,17). The molecule has 1 amide bonds. The molecule has 0 aliphatic rings. The minimum atomic E-state index is -0.694. The summed E-state index contributed by atoms with van der Waals surface area (Å²) in [7, 11) is 0. The van der Waals surface area contributed by atoms with Gasteiger partial charge in [-0.3, -0.25) is 0 Å². The summed E-state index contributed by atoms with van der Waals surface area (Å²) in [6.07, 6.45) is 6.56. The fourth-order valence-corrected chi connectivity index (χ4v) is 1.30. The smallest absolute Gasteiger partial charge is 0.408 e. The van der Waals surface area contributed by atoms with E-state index in [2.05, 4.69) is 16.0 Å². The van der Waals surface area contributed by atoms with E-state index in [0.717, 1.165) is 12.8 Å². The molecule has 1 N–H and O–H groups in total. The third-order valence-corrected chi connectivity index (χ3v) is 2.27. The third kappa shape index (κ3) is 8.95. The maximum atomic E-state index is 11.8. The van der Waals surface area contributed by atoms with Gasteiger partial charge in [-0.1, -0.05) is 39.5 Å². The summed E-state index contributed by atoms with van der Waals surface area (Å²) in [5.74, 6) is 2.01. The van der Waals surface area contributed by atoms with Gasteiger partial charge in [0.25, 0.3) is 0 Å². The van der Waals surface area contributed by atoms with Crippen LogP contribution in [-0.2, 0) is 14.3 Å². The molecule has 0 aromatic heterocycles. The van der Waals surface area contributed by atoms with Gasteiger partial charge in [0, 0.05) is 0 Å². The van der Waals surface area contributed by atoms with Crippen LogP contribution >= 0.6 is 0 Å². The van der Waals surface area contributed by atoms with E-state index in [9.17, 15) is 9.59 Å². The first-order valence-corrected chi connectivity index (χ1v) is 6.54. The highest BCUT2D eigenvalue weighted by Gasteiger charge is 2.22. The molecular formula is C14H23NO4. The summed E-state index contributed by atoms with van der Waals surface area (Å²) >= 11 is 0. The predicted octanol–water partition coefficient (Wildman–Crippen LogP) is 2.10. The summed E-state index contributed by atoms with van der Waals surface area (Å²) in [6.45, 7) is 6.12. The normalized spacial score (nSPS) is 11.5. The molecule has 0 heterocycles. The Bertz CT molecular complexity index is 320. The quantitative estimate of drug-likeness (QED) is 0.541. The summed E-state index contributed by atoms with van der Waals surface area (Å²) in [6, 6.07) is -0.677. The number of amides is 1. The Morgan fingerprint density at radius 1 is 1.32 bits per heavy atom. The Kier molecular flexibility index (Phi) is 9.33. The molecule has 0 aliphatic carbocycles.